The zero-order valence-corrected chi connectivity index (χ0v) is 17.1. The van der Waals surface area contributed by atoms with Crippen molar-refractivity contribution in [2.24, 2.45) is 0 Å². The Kier molecular flexibility index (Phi) is 6.01. The van der Waals surface area contributed by atoms with Gasteiger partial charge in [-0.3, -0.25) is 14.5 Å². The van der Waals surface area contributed by atoms with Crippen LogP contribution in [0.5, 0.6) is 0 Å². The number of para-hydroxylation sites is 1. The summed E-state index contributed by atoms with van der Waals surface area (Å²) in [6.07, 6.45) is 1.18. The number of nitrogens with one attached hydrogen (secondary N) is 2. The molecule has 1 heterocycles. The van der Waals surface area contributed by atoms with Gasteiger partial charge in [0, 0.05) is 5.69 Å². The molecule has 1 fully saturated rings. The molecule has 6 heteroatoms. The van der Waals surface area contributed by atoms with Crippen molar-refractivity contribution in [1.82, 2.24) is 10.2 Å². The summed E-state index contributed by atoms with van der Waals surface area (Å²) in [6.45, 7) is 5.72. The second kappa shape index (κ2) is 8.47. The minimum atomic E-state index is -1.12. The van der Waals surface area contributed by atoms with Crippen LogP contribution in [-0.2, 0) is 15.1 Å². The van der Waals surface area contributed by atoms with Crippen LogP contribution in [-0.4, -0.2) is 29.3 Å². The highest BCUT2D eigenvalue weighted by molar-refractivity contribution is 6.10. The van der Waals surface area contributed by atoms with Crippen LogP contribution in [0.15, 0.2) is 54.6 Å². The van der Waals surface area contributed by atoms with E-state index in [4.69, 9.17) is 0 Å². The second-order valence-corrected chi connectivity index (χ2v) is 7.63. The summed E-state index contributed by atoms with van der Waals surface area (Å²) in [5, 5.41) is 5.69. The number of carbonyl (C=O) groups is 3. The van der Waals surface area contributed by atoms with Crippen molar-refractivity contribution >= 4 is 23.5 Å². The van der Waals surface area contributed by atoms with E-state index < -0.39 is 17.5 Å². The number of hydrogen-bond acceptors (Lipinski definition) is 3. The molecule has 0 spiro atoms. The molecule has 3 rings (SSSR count). The van der Waals surface area contributed by atoms with Gasteiger partial charge in [0.2, 0.25) is 5.91 Å². The first-order valence-corrected chi connectivity index (χ1v) is 9.97. The molecule has 0 aromatic heterocycles. The van der Waals surface area contributed by atoms with Crippen molar-refractivity contribution in [3.05, 3.63) is 65.7 Å². The maximum atomic E-state index is 13.3. The van der Waals surface area contributed by atoms with Crippen LogP contribution in [0.2, 0.25) is 0 Å². The van der Waals surface area contributed by atoms with E-state index in [1.807, 2.05) is 75.4 Å². The molecule has 1 atom stereocenters. The summed E-state index contributed by atoms with van der Waals surface area (Å²) in [4.78, 5) is 39.5. The highest BCUT2D eigenvalue weighted by Crippen LogP contribution is 2.33. The van der Waals surface area contributed by atoms with Gasteiger partial charge in [0.25, 0.3) is 5.91 Å². The Balaban J connectivity index is 1.81. The smallest absolute Gasteiger partial charge is 0.324 e. The Labute approximate surface area is 171 Å². The van der Waals surface area contributed by atoms with Crippen LogP contribution in [0.25, 0.3) is 0 Å². The first-order chi connectivity index (χ1) is 13.9. The van der Waals surface area contributed by atoms with E-state index in [2.05, 4.69) is 10.6 Å². The average Bonchev–Trinajstić information content (AvgIpc) is 2.94. The van der Waals surface area contributed by atoms with E-state index in [9.17, 15) is 14.4 Å². The highest BCUT2D eigenvalue weighted by atomic mass is 16.2. The molecular formula is C23H27N3O3. The number of benzene rings is 2. The van der Waals surface area contributed by atoms with Crippen molar-refractivity contribution in [1.29, 1.82) is 0 Å². The van der Waals surface area contributed by atoms with Crippen LogP contribution < -0.4 is 10.6 Å². The van der Waals surface area contributed by atoms with Gasteiger partial charge in [0.05, 0.1) is 0 Å². The molecule has 4 amide bonds. The number of nitrogens with zero attached hydrogens (tertiary/aromatic N) is 1. The molecule has 0 bridgehead atoms. The van der Waals surface area contributed by atoms with Crippen molar-refractivity contribution < 1.29 is 14.4 Å². The van der Waals surface area contributed by atoms with Gasteiger partial charge in [-0.25, -0.2) is 4.79 Å². The molecule has 1 aliphatic rings. The summed E-state index contributed by atoms with van der Waals surface area (Å²) in [5.41, 5.74) is 1.31. The topological polar surface area (TPSA) is 78.5 Å². The molecule has 1 aliphatic heterocycles. The Hall–Kier alpha value is -3.15. The summed E-state index contributed by atoms with van der Waals surface area (Å²) in [5.74, 6) is -0.552. The van der Waals surface area contributed by atoms with Gasteiger partial charge in [-0.1, -0.05) is 75.7 Å². The predicted molar refractivity (Wildman–Crippen MR) is 112 cm³/mol. The lowest BCUT2D eigenvalue weighted by atomic mass is 9.85. The van der Waals surface area contributed by atoms with Crippen LogP contribution >= 0.6 is 0 Å². The summed E-state index contributed by atoms with van der Waals surface area (Å²) in [7, 11) is 0. The molecular weight excluding hydrogens is 366 g/mol. The van der Waals surface area contributed by atoms with Crippen molar-refractivity contribution in [2.45, 2.75) is 45.1 Å². The fraction of sp³-hybridized carbons (Fsp3) is 0.348. The molecule has 152 valence electrons. The lowest BCUT2D eigenvalue weighted by molar-refractivity contribution is -0.134. The molecule has 0 saturated carbocycles. The normalized spacial score (nSPS) is 18.8. The molecule has 0 radical (unpaired) electrons. The SMILES string of the molecule is CCCC1(c2ccccc2)NC(=O)N(CC(=O)Nc2ccccc2C(C)C)C1=O. The standard InChI is InChI=1S/C23H27N3O3/c1-4-14-23(17-10-6-5-7-11-17)21(28)26(22(29)25-23)15-20(27)24-19-13-9-8-12-18(19)16(2)3/h5-13,16H,4,14-15H2,1-3H3,(H,24,27)(H,25,29). The number of anilines is 1. The monoisotopic (exact) mass is 393 g/mol. The van der Waals surface area contributed by atoms with Crippen LogP contribution in [0.4, 0.5) is 10.5 Å². The van der Waals surface area contributed by atoms with E-state index in [-0.39, 0.29) is 18.4 Å². The first-order valence-electron chi connectivity index (χ1n) is 9.97. The molecule has 2 aromatic rings. The zero-order chi connectivity index (χ0) is 21.0. The van der Waals surface area contributed by atoms with E-state index in [0.717, 1.165) is 16.0 Å². The number of hydrogen-bond donors (Lipinski definition) is 2. The highest BCUT2D eigenvalue weighted by Gasteiger charge is 2.52. The van der Waals surface area contributed by atoms with E-state index in [1.165, 1.54) is 0 Å². The fourth-order valence-corrected chi connectivity index (χ4v) is 3.82. The first kappa shape index (κ1) is 20.6. The molecule has 1 saturated heterocycles. The summed E-state index contributed by atoms with van der Waals surface area (Å²) >= 11 is 0. The molecule has 0 aliphatic carbocycles. The van der Waals surface area contributed by atoms with Gasteiger partial charge in [0.15, 0.2) is 0 Å². The second-order valence-electron chi connectivity index (χ2n) is 7.63. The minimum Gasteiger partial charge on any atom is -0.324 e. The third-order valence-corrected chi connectivity index (χ3v) is 5.23. The van der Waals surface area contributed by atoms with Gasteiger partial charge in [-0.2, -0.15) is 0 Å². The van der Waals surface area contributed by atoms with Crippen molar-refractivity contribution in [3.63, 3.8) is 0 Å². The minimum absolute atomic E-state index is 0.235. The van der Waals surface area contributed by atoms with E-state index in [1.54, 1.807) is 0 Å². The van der Waals surface area contributed by atoms with Crippen LogP contribution in [0.3, 0.4) is 0 Å². The Bertz CT molecular complexity index is 911. The lowest BCUT2D eigenvalue weighted by Crippen LogP contribution is -2.44. The lowest BCUT2D eigenvalue weighted by Gasteiger charge is -2.26. The molecule has 6 nitrogen and oxygen atoms in total. The maximum Gasteiger partial charge on any atom is 0.325 e. The molecule has 2 aromatic carbocycles. The number of imide groups is 1. The Morgan fingerprint density at radius 1 is 1.07 bits per heavy atom. The van der Waals surface area contributed by atoms with Gasteiger partial charge in [0.1, 0.15) is 12.1 Å². The maximum absolute atomic E-state index is 13.3. The summed E-state index contributed by atoms with van der Waals surface area (Å²) in [6, 6.07) is 16.2. The van der Waals surface area contributed by atoms with E-state index >= 15 is 0 Å². The van der Waals surface area contributed by atoms with Crippen molar-refractivity contribution in [3.8, 4) is 0 Å². The zero-order valence-electron chi connectivity index (χ0n) is 17.1. The summed E-state index contributed by atoms with van der Waals surface area (Å²) < 4.78 is 0. The largest absolute Gasteiger partial charge is 0.325 e. The quantitative estimate of drug-likeness (QED) is 0.698. The number of urea groups is 1. The molecule has 2 N–H and O–H groups in total. The third kappa shape index (κ3) is 4.01. The van der Waals surface area contributed by atoms with Crippen molar-refractivity contribution in [2.75, 3.05) is 11.9 Å². The van der Waals surface area contributed by atoms with E-state index in [0.29, 0.717) is 18.5 Å². The van der Waals surface area contributed by atoms with Gasteiger partial charge in [-0.15, -0.1) is 0 Å². The van der Waals surface area contributed by atoms with Gasteiger partial charge < -0.3 is 10.6 Å². The average molecular weight is 393 g/mol. The van der Waals surface area contributed by atoms with Crippen LogP contribution in [0.1, 0.15) is 50.7 Å². The Morgan fingerprint density at radius 3 is 2.38 bits per heavy atom. The number of amides is 4. The van der Waals surface area contributed by atoms with Gasteiger partial charge in [-0.05, 0) is 29.5 Å². The van der Waals surface area contributed by atoms with Gasteiger partial charge >= 0.3 is 6.03 Å². The fourth-order valence-electron chi connectivity index (χ4n) is 3.82. The number of rotatable bonds is 7. The Morgan fingerprint density at radius 2 is 1.72 bits per heavy atom. The molecule has 29 heavy (non-hydrogen) atoms. The number of carbonyl (C=O) groups excluding carboxylic acids is 3. The predicted octanol–water partition coefficient (Wildman–Crippen LogP) is 4.00. The molecule has 1 unspecified atom stereocenters. The van der Waals surface area contributed by atoms with Crippen LogP contribution in [0, 0.1) is 0 Å². The third-order valence-electron chi connectivity index (χ3n) is 5.23.